The summed E-state index contributed by atoms with van der Waals surface area (Å²) in [6.45, 7) is 5.86. The summed E-state index contributed by atoms with van der Waals surface area (Å²) in [5, 5.41) is 19.7. The minimum absolute atomic E-state index is 0.133. The molecule has 0 saturated heterocycles. The Balaban J connectivity index is 2.49. The van der Waals surface area contributed by atoms with Gasteiger partial charge in [-0.3, -0.25) is 4.79 Å². The lowest BCUT2D eigenvalue weighted by Gasteiger charge is -2.08. The van der Waals surface area contributed by atoms with Crippen LogP contribution in [0.5, 0.6) is 0 Å². The van der Waals surface area contributed by atoms with Gasteiger partial charge in [-0.2, -0.15) is 10.2 Å². The fourth-order valence-electron chi connectivity index (χ4n) is 1.47. The second-order valence-corrected chi connectivity index (χ2v) is 4.23. The molecule has 1 heterocycles. The van der Waals surface area contributed by atoms with Crippen molar-refractivity contribution < 1.29 is 9.90 Å². The molecule has 17 heavy (non-hydrogen) atoms. The number of aryl methyl sites for hydroxylation is 2. The molecule has 0 aromatic carbocycles. The van der Waals surface area contributed by atoms with E-state index in [0.717, 1.165) is 12.1 Å². The van der Waals surface area contributed by atoms with E-state index in [4.69, 9.17) is 5.11 Å². The fraction of sp³-hybridized carbons (Fsp3) is 0.583. The maximum absolute atomic E-state index is 11.8. The van der Waals surface area contributed by atoms with Crippen LogP contribution >= 0.6 is 0 Å². The van der Waals surface area contributed by atoms with E-state index in [0.29, 0.717) is 24.2 Å². The predicted octanol–water partition coefficient (Wildman–Crippen LogP) is 0.984. The quantitative estimate of drug-likeness (QED) is 0.749. The van der Waals surface area contributed by atoms with Crippen LogP contribution in [0.15, 0.2) is 6.07 Å². The number of aliphatic hydroxyl groups excluding tert-OH is 1. The van der Waals surface area contributed by atoms with Gasteiger partial charge in [-0.1, -0.05) is 0 Å². The lowest BCUT2D eigenvalue weighted by atomic mass is 10.1. The highest BCUT2D eigenvalue weighted by Gasteiger charge is 2.10. The first-order valence-corrected chi connectivity index (χ1v) is 5.78. The molecule has 1 unspecified atom stereocenters. The third-order valence-electron chi connectivity index (χ3n) is 2.43. The molecule has 1 atom stereocenters. The van der Waals surface area contributed by atoms with E-state index < -0.39 is 0 Å². The van der Waals surface area contributed by atoms with E-state index in [1.165, 1.54) is 0 Å². The molecule has 94 valence electrons. The van der Waals surface area contributed by atoms with Gasteiger partial charge in [0.05, 0.1) is 23.1 Å². The molecule has 0 radical (unpaired) electrons. The van der Waals surface area contributed by atoms with E-state index in [2.05, 4.69) is 15.5 Å². The van der Waals surface area contributed by atoms with Crippen LogP contribution in [-0.4, -0.2) is 33.9 Å². The van der Waals surface area contributed by atoms with Crippen LogP contribution in [0.3, 0.4) is 0 Å². The van der Waals surface area contributed by atoms with Crippen molar-refractivity contribution in [2.75, 3.05) is 6.54 Å². The topological polar surface area (TPSA) is 75.1 Å². The van der Waals surface area contributed by atoms with Gasteiger partial charge in [0.25, 0.3) is 5.91 Å². The fourth-order valence-corrected chi connectivity index (χ4v) is 1.47. The average molecular weight is 237 g/mol. The molecule has 1 rings (SSSR count). The van der Waals surface area contributed by atoms with E-state index in [1.54, 1.807) is 26.8 Å². The van der Waals surface area contributed by atoms with E-state index >= 15 is 0 Å². The Morgan fingerprint density at radius 1 is 1.47 bits per heavy atom. The first kappa shape index (κ1) is 13.6. The number of aliphatic hydroxyl groups is 1. The summed E-state index contributed by atoms with van der Waals surface area (Å²) >= 11 is 0. The van der Waals surface area contributed by atoms with Crippen LogP contribution < -0.4 is 5.32 Å². The number of rotatable bonds is 5. The molecule has 0 bridgehead atoms. The highest BCUT2D eigenvalue weighted by atomic mass is 16.3. The minimum Gasteiger partial charge on any atom is -0.393 e. The van der Waals surface area contributed by atoms with E-state index in [1.807, 2.05) is 0 Å². The van der Waals surface area contributed by atoms with Gasteiger partial charge < -0.3 is 10.4 Å². The molecule has 0 aliphatic heterocycles. The molecule has 5 nitrogen and oxygen atoms in total. The lowest BCUT2D eigenvalue weighted by Crippen LogP contribution is -2.26. The Bertz CT molecular complexity index is 391. The molecule has 5 heteroatoms. The molecule has 0 aliphatic carbocycles. The van der Waals surface area contributed by atoms with Crippen molar-refractivity contribution in [2.24, 2.45) is 0 Å². The summed E-state index contributed by atoms with van der Waals surface area (Å²) in [6, 6.07) is 1.73. The predicted molar refractivity (Wildman–Crippen MR) is 64.8 cm³/mol. The van der Waals surface area contributed by atoms with E-state index in [-0.39, 0.29) is 12.0 Å². The Kier molecular flexibility index (Phi) is 5.03. The molecular weight excluding hydrogens is 218 g/mol. The van der Waals surface area contributed by atoms with Crippen LogP contribution in [-0.2, 0) is 0 Å². The smallest absolute Gasteiger partial charge is 0.253 e. The molecule has 0 aliphatic rings. The van der Waals surface area contributed by atoms with Crippen LogP contribution in [0.4, 0.5) is 0 Å². The number of carbonyl (C=O) groups excluding carboxylic acids is 1. The first-order valence-electron chi connectivity index (χ1n) is 5.78. The molecule has 2 N–H and O–H groups in total. The van der Waals surface area contributed by atoms with Gasteiger partial charge in [-0.05, 0) is 39.7 Å². The van der Waals surface area contributed by atoms with Crippen molar-refractivity contribution in [3.05, 3.63) is 23.0 Å². The normalized spacial score (nSPS) is 12.2. The SMILES string of the molecule is Cc1cc(C(=O)NCCCC(C)O)c(C)nn1. The molecule has 0 spiro atoms. The number of hydrogen-bond acceptors (Lipinski definition) is 4. The number of hydrogen-bond donors (Lipinski definition) is 2. The van der Waals surface area contributed by atoms with Gasteiger partial charge in [0.1, 0.15) is 0 Å². The third-order valence-corrected chi connectivity index (χ3v) is 2.43. The van der Waals surface area contributed by atoms with Crippen molar-refractivity contribution in [2.45, 2.75) is 39.7 Å². The van der Waals surface area contributed by atoms with Crippen molar-refractivity contribution in [1.82, 2.24) is 15.5 Å². The van der Waals surface area contributed by atoms with Crippen molar-refractivity contribution in [1.29, 1.82) is 0 Å². The first-order chi connectivity index (χ1) is 8.00. The maximum Gasteiger partial charge on any atom is 0.253 e. The molecule has 0 fully saturated rings. The molecule has 1 aromatic rings. The summed E-state index contributed by atoms with van der Waals surface area (Å²) in [5.41, 5.74) is 1.92. The monoisotopic (exact) mass is 237 g/mol. The Labute approximate surface area is 101 Å². The van der Waals surface area contributed by atoms with Gasteiger partial charge in [-0.25, -0.2) is 0 Å². The van der Waals surface area contributed by atoms with Gasteiger partial charge >= 0.3 is 0 Å². The van der Waals surface area contributed by atoms with Crippen LogP contribution in [0.1, 0.15) is 41.5 Å². The lowest BCUT2D eigenvalue weighted by molar-refractivity contribution is 0.0948. The summed E-state index contributed by atoms with van der Waals surface area (Å²) in [5.74, 6) is -0.133. The zero-order valence-electron chi connectivity index (χ0n) is 10.5. The highest BCUT2D eigenvalue weighted by molar-refractivity contribution is 5.95. The third kappa shape index (κ3) is 4.48. The molecule has 1 aromatic heterocycles. The van der Waals surface area contributed by atoms with Gasteiger partial charge in [-0.15, -0.1) is 0 Å². The van der Waals surface area contributed by atoms with Crippen LogP contribution in [0.25, 0.3) is 0 Å². The number of amides is 1. The minimum atomic E-state index is -0.321. The number of nitrogens with zero attached hydrogens (tertiary/aromatic N) is 2. The summed E-state index contributed by atoms with van der Waals surface area (Å²) in [7, 11) is 0. The largest absolute Gasteiger partial charge is 0.393 e. The zero-order valence-corrected chi connectivity index (χ0v) is 10.5. The van der Waals surface area contributed by atoms with Crippen LogP contribution in [0.2, 0.25) is 0 Å². The van der Waals surface area contributed by atoms with E-state index in [9.17, 15) is 4.79 Å². The second-order valence-electron chi connectivity index (χ2n) is 4.23. The number of aromatic nitrogens is 2. The van der Waals surface area contributed by atoms with Crippen molar-refractivity contribution in [3.63, 3.8) is 0 Å². The summed E-state index contributed by atoms with van der Waals surface area (Å²) in [6.07, 6.45) is 1.13. The zero-order chi connectivity index (χ0) is 12.8. The Morgan fingerprint density at radius 2 is 2.18 bits per heavy atom. The maximum atomic E-state index is 11.8. The van der Waals surface area contributed by atoms with Crippen molar-refractivity contribution in [3.8, 4) is 0 Å². The number of nitrogens with one attached hydrogen (secondary N) is 1. The van der Waals surface area contributed by atoms with Crippen LogP contribution in [0, 0.1) is 13.8 Å². The summed E-state index contributed by atoms with van der Waals surface area (Å²) < 4.78 is 0. The van der Waals surface area contributed by atoms with Gasteiger partial charge in [0, 0.05) is 6.54 Å². The number of carbonyl (C=O) groups is 1. The summed E-state index contributed by atoms with van der Waals surface area (Å²) in [4.78, 5) is 11.8. The average Bonchev–Trinajstić information content (AvgIpc) is 2.27. The molecule has 0 saturated carbocycles. The Hall–Kier alpha value is -1.49. The van der Waals surface area contributed by atoms with Gasteiger partial charge in [0.15, 0.2) is 0 Å². The standard InChI is InChI=1S/C12H19N3O2/c1-8-7-11(10(3)15-14-8)12(17)13-6-4-5-9(2)16/h7,9,16H,4-6H2,1-3H3,(H,13,17). The Morgan fingerprint density at radius 3 is 2.82 bits per heavy atom. The second kappa shape index (κ2) is 6.30. The highest BCUT2D eigenvalue weighted by Crippen LogP contribution is 2.05. The molecular formula is C12H19N3O2. The molecule has 1 amide bonds. The van der Waals surface area contributed by atoms with Gasteiger partial charge in [0.2, 0.25) is 0 Å². The van der Waals surface area contributed by atoms with Crippen molar-refractivity contribution >= 4 is 5.91 Å².